The third-order valence-electron chi connectivity index (χ3n) is 2.30. The highest BCUT2D eigenvalue weighted by molar-refractivity contribution is 5.70. The number of benzene rings is 1. The number of nitrogens with one attached hydrogen (secondary N) is 2. The van der Waals surface area contributed by atoms with Gasteiger partial charge in [0.15, 0.2) is 6.61 Å². The highest BCUT2D eigenvalue weighted by Gasteiger charge is 2.02. The Morgan fingerprint density at radius 3 is 2.79 bits per heavy atom. The van der Waals surface area contributed by atoms with E-state index in [1.165, 1.54) is 7.11 Å². The van der Waals surface area contributed by atoms with Crippen LogP contribution in [0, 0.1) is 0 Å². The number of hydrogen-bond donors (Lipinski definition) is 2. The van der Waals surface area contributed by atoms with E-state index >= 15 is 0 Å². The summed E-state index contributed by atoms with van der Waals surface area (Å²) in [6.07, 6.45) is 0. The number of rotatable bonds is 6. The van der Waals surface area contributed by atoms with Crippen molar-refractivity contribution in [2.75, 3.05) is 19.0 Å². The maximum atomic E-state index is 10.9. The maximum absolute atomic E-state index is 10.9. The fraction of sp³-hybridized carbons (Fsp3) is 0.273. The molecule has 19 heavy (non-hydrogen) atoms. The van der Waals surface area contributed by atoms with Crippen molar-refractivity contribution in [1.29, 1.82) is 0 Å². The summed E-state index contributed by atoms with van der Waals surface area (Å²) >= 11 is 0. The molecule has 0 saturated carbocycles. The van der Waals surface area contributed by atoms with Crippen molar-refractivity contribution in [2.45, 2.75) is 6.54 Å². The Hall–Kier alpha value is -2.64. The van der Waals surface area contributed by atoms with Crippen LogP contribution in [0.1, 0.15) is 5.56 Å². The first-order valence-corrected chi connectivity index (χ1v) is 5.54. The Morgan fingerprint density at radius 2 is 2.16 bits per heavy atom. The van der Waals surface area contributed by atoms with Crippen LogP contribution in [0.25, 0.3) is 0 Å². The van der Waals surface area contributed by atoms with Crippen molar-refractivity contribution in [3.05, 3.63) is 29.8 Å². The second kappa shape index (κ2) is 6.34. The fourth-order valence-corrected chi connectivity index (χ4v) is 1.32. The Kier molecular flexibility index (Phi) is 4.27. The number of tetrazole rings is 1. The van der Waals surface area contributed by atoms with Crippen molar-refractivity contribution in [3.63, 3.8) is 0 Å². The molecule has 0 aliphatic rings. The van der Waals surface area contributed by atoms with E-state index in [-0.39, 0.29) is 6.61 Å². The minimum atomic E-state index is -0.414. The lowest BCUT2D eigenvalue weighted by Gasteiger charge is -2.06. The van der Waals surface area contributed by atoms with Crippen LogP contribution in [0.3, 0.4) is 0 Å². The molecule has 100 valence electrons. The quantitative estimate of drug-likeness (QED) is 0.725. The van der Waals surface area contributed by atoms with Crippen LogP contribution in [0.15, 0.2) is 24.3 Å². The summed E-state index contributed by atoms with van der Waals surface area (Å²) in [4.78, 5) is 10.9. The van der Waals surface area contributed by atoms with Gasteiger partial charge in [0.2, 0.25) is 0 Å². The average Bonchev–Trinajstić information content (AvgIpc) is 2.97. The van der Waals surface area contributed by atoms with Gasteiger partial charge in [-0.1, -0.05) is 17.2 Å². The normalized spacial score (nSPS) is 9.95. The van der Waals surface area contributed by atoms with E-state index in [9.17, 15) is 4.79 Å². The highest BCUT2D eigenvalue weighted by Crippen LogP contribution is 2.12. The minimum absolute atomic E-state index is 0.100. The number of aromatic nitrogens is 4. The van der Waals surface area contributed by atoms with Crippen LogP contribution in [0.2, 0.25) is 0 Å². The Balaban J connectivity index is 1.82. The van der Waals surface area contributed by atoms with Crippen LogP contribution in [-0.4, -0.2) is 40.3 Å². The zero-order chi connectivity index (χ0) is 13.5. The Bertz CT molecular complexity index is 512. The van der Waals surface area contributed by atoms with Gasteiger partial charge in [0.25, 0.3) is 5.95 Å². The molecule has 0 saturated heterocycles. The predicted molar refractivity (Wildman–Crippen MR) is 65.5 cm³/mol. The van der Waals surface area contributed by atoms with Gasteiger partial charge in [-0.05, 0) is 22.9 Å². The first kappa shape index (κ1) is 12.8. The van der Waals surface area contributed by atoms with Gasteiger partial charge >= 0.3 is 5.97 Å². The second-order valence-electron chi connectivity index (χ2n) is 3.60. The van der Waals surface area contributed by atoms with Crippen molar-refractivity contribution >= 4 is 11.9 Å². The average molecular weight is 263 g/mol. The summed E-state index contributed by atoms with van der Waals surface area (Å²) < 4.78 is 9.71. The number of carbonyl (C=O) groups excluding carboxylic acids is 1. The number of H-pyrrole nitrogens is 1. The van der Waals surface area contributed by atoms with Crippen LogP contribution in [0.5, 0.6) is 5.75 Å². The van der Waals surface area contributed by atoms with Crippen LogP contribution < -0.4 is 10.1 Å². The van der Waals surface area contributed by atoms with E-state index in [2.05, 4.69) is 30.7 Å². The molecule has 0 radical (unpaired) electrons. The standard InChI is InChI=1S/C11H13N5O3/c1-18-10(17)7-19-9-4-2-8(3-5-9)6-12-11-13-15-16-14-11/h2-5H,6-7H2,1H3,(H2,12,13,14,15,16). The molecule has 0 amide bonds. The molecule has 2 aromatic rings. The number of nitrogens with zero attached hydrogens (tertiary/aromatic N) is 3. The zero-order valence-corrected chi connectivity index (χ0v) is 10.3. The Morgan fingerprint density at radius 1 is 1.37 bits per heavy atom. The van der Waals surface area contributed by atoms with Crippen LogP contribution in [-0.2, 0) is 16.1 Å². The molecule has 0 atom stereocenters. The summed E-state index contributed by atoms with van der Waals surface area (Å²) in [6.45, 7) is 0.466. The smallest absolute Gasteiger partial charge is 0.343 e. The molecule has 0 spiro atoms. The second-order valence-corrected chi connectivity index (χ2v) is 3.60. The molecule has 1 aromatic heterocycles. The molecule has 0 aliphatic carbocycles. The first-order chi connectivity index (χ1) is 9.28. The van der Waals surface area contributed by atoms with E-state index in [1.807, 2.05) is 12.1 Å². The SMILES string of the molecule is COC(=O)COc1ccc(CNc2nn[nH]n2)cc1. The van der Waals surface area contributed by atoms with E-state index in [0.29, 0.717) is 18.2 Å². The Labute approximate surface area is 109 Å². The number of hydrogen-bond acceptors (Lipinski definition) is 7. The van der Waals surface area contributed by atoms with Gasteiger partial charge in [-0.15, -0.1) is 5.10 Å². The summed E-state index contributed by atoms with van der Waals surface area (Å²) in [7, 11) is 1.32. The highest BCUT2D eigenvalue weighted by atomic mass is 16.6. The van der Waals surface area contributed by atoms with Crippen molar-refractivity contribution in [3.8, 4) is 5.75 Å². The van der Waals surface area contributed by atoms with Gasteiger partial charge in [-0.2, -0.15) is 5.21 Å². The molecule has 0 aliphatic heterocycles. The van der Waals surface area contributed by atoms with Gasteiger partial charge < -0.3 is 14.8 Å². The predicted octanol–water partition coefficient (Wildman–Crippen LogP) is 0.364. The third-order valence-corrected chi connectivity index (χ3v) is 2.30. The molecule has 0 unspecified atom stereocenters. The lowest BCUT2D eigenvalue weighted by molar-refractivity contribution is -0.142. The summed E-state index contributed by atoms with van der Waals surface area (Å²) in [6, 6.07) is 7.30. The molecule has 1 aromatic carbocycles. The van der Waals surface area contributed by atoms with Crippen LogP contribution in [0.4, 0.5) is 5.95 Å². The first-order valence-electron chi connectivity index (χ1n) is 5.54. The van der Waals surface area contributed by atoms with E-state index in [1.54, 1.807) is 12.1 Å². The minimum Gasteiger partial charge on any atom is -0.482 e. The molecule has 0 bridgehead atoms. The summed E-state index contributed by atoms with van der Waals surface area (Å²) in [5, 5.41) is 16.3. The summed E-state index contributed by atoms with van der Waals surface area (Å²) in [5.41, 5.74) is 1.02. The van der Waals surface area contributed by atoms with Crippen molar-refractivity contribution in [2.24, 2.45) is 0 Å². The molecule has 8 heteroatoms. The molecule has 1 heterocycles. The van der Waals surface area contributed by atoms with E-state index < -0.39 is 5.97 Å². The lowest BCUT2D eigenvalue weighted by atomic mass is 10.2. The van der Waals surface area contributed by atoms with Gasteiger partial charge in [-0.3, -0.25) is 0 Å². The van der Waals surface area contributed by atoms with Gasteiger partial charge in [-0.25, -0.2) is 4.79 Å². The number of carbonyl (C=O) groups is 1. The number of methoxy groups -OCH3 is 1. The molecular formula is C11H13N5O3. The number of ether oxygens (including phenoxy) is 2. The molecular weight excluding hydrogens is 250 g/mol. The monoisotopic (exact) mass is 263 g/mol. The molecule has 2 N–H and O–H groups in total. The van der Waals surface area contributed by atoms with E-state index in [0.717, 1.165) is 5.56 Å². The van der Waals surface area contributed by atoms with Crippen molar-refractivity contribution in [1.82, 2.24) is 20.6 Å². The number of anilines is 1. The fourth-order valence-electron chi connectivity index (χ4n) is 1.32. The number of esters is 1. The van der Waals surface area contributed by atoms with E-state index in [4.69, 9.17) is 4.74 Å². The van der Waals surface area contributed by atoms with Crippen LogP contribution >= 0.6 is 0 Å². The number of aromatic amines is 1. The third kappa shape index (κ3) is 3.95. The van der Waals surface area contributed by atoms with Gasteiger partial charge in [0.05, 0.1) is 7.11 Å². The maximum Gasteiger partial charge on any atom is 0.343 e. The van der Waals surface area contributed by atoms with Gasteiger partial charge in [0, 0.05) is 6.54 Å². The topological polar surface area (TPSA) is 102 Å². The summed E-state index contributed by atoms with van der Waals surface area (Å²) in [5.74, 6) is 0.627. The lowest BCUT2D eigenvalue weighted by Crippen LogP contribution is -2.12. The largest absolute Gasteiger partial charge is 0.482 e. The van der Waals surface area contributed by atoms with Crippen molar-refractivity contribution < 1.29 is 14.3 Å². The molecule has 2 rings (SSSR count). The molecule has 8 nitrogen and oxygen atoms in total. The zero-order valence-electron chi connectivity index (χ0n) is 10.3. The van der Waals surface area contributed by atoms with Gasteiger partial charge in [0.1, 0.15) is 5.75 Å². The molecule has 0 fully saturated rings.